The standard InChI is InChI=1S/C77H113N9O26/c1-38(2)46-32-51(91)48(37-87)83-72(101)47(82-76(105)64(77(106)107)86-73(102)52(92)36-80-74(103)62(44(8)88)84-75(104)63(85-71(46)100)66(96)67(97)69(78)98)35-79-70(99)43(7)81-60(93)27-19-18-21-39(3)31-40(4)68-56-30-29-45(108-68)22-14-10-9-11-15-23-49(89)65(95)59-33-50(90)41(5)53(110-59)25-20-26-54-42(6)57-34-58(109-54)55(111-57)24-16-12-13-17-28-61(94)112-56/h10,12-17,20,23-24,26,28-31,38-39,41-50,52-59,62-68,87-90,92,95-97H,9,11,18-19,21-22,25,27,32-37H2,1-8H3,(H2,78,98)(H,79,99)(H,80,103)(H,81,93)(H,82,105)(H,83,101)(H,84,104)(H,85,100)(H,86,102)(H,106,107)/b13-12-,14-10+,23-15+,24-16+,26-20+,28-17-,40-31+. The van der Waals surface area contributed by atoms with Gasteiger partial charge in [-0.1, -0.05) is 120 Å². The molecule has 9 amide bonds. The Morgan fingerprint density at radius 1 is 0.652 bits per heavy atom. The minimum atomic E-state index is -2.64. The maximum absolute atomic E-state index is 14.1. The summed E-state index contributed by atoms with van der Waals surface area (Å²) < 4.78 is 31.8. The number of β-amino-alcohol motifs (C(OH)–C–C–N with tert-alkyl or cyclic N) is 1. The van der Waals surface area contributed by atoms with Crippen LogP contribution in [-0.2, 0) is 81.2 Å². The predicted molar refractivity (Wildman–Crippen MR) is 399 cm³/mol. The highest BCUT2D eigenvalue weighted by Gasteiger charge is 2.47. The molecule has 35 nitrogen and oxygen atoms in total. The van der Waals surface area contributed by atoms with Crippen molar-refractivity contribution in [2.45, 2.75) is 260 Å². The molecule has 112 heavy (non-hydrogen) atoms. The van der Waals surface area contributed by atoms with Crippen molar-refractivity contribution in [1.29, 1.82) is 0 Å². The van der Waals surface area contributed by atoms with Gasteiger partial charge in [0.25, 0.3) is 11.8 Å². The Labute approximate surface area is 649 Å². The van der Waals surface area contributed by atoms with Gasteiger partial charge in [-0.05, 0) is 82.8 Å². The zero-order valence-electron chi connectivity index (χ0n) is 64.2. The van der Waals surface area contributed by atoms with Gasteiger partial charge in [-0.25, -0.2) is 9.59 Å². The third kappa shape index (κ3) is 27.5. The van der Waals surface area contributed by atoms with Crippen LogP contribution in [0.15, 0.2) is 96.7 Å². The number of nitrogens with two attached hydrogens (primary N) is 1. The summed E-state index contributed by atoms with van der Waals surface area (Å²) in [6.45, 7) is 9.69. The van der Waals surface area contributed by atoms with Gasteiger partial charge in [0, 0.05) is 56.1 Å². The number of nitrogens with one attached hydrogen (secondary N) is 8. The Kier molecular flexibility index (Phi) is 36.7. The molecule has 0 saturated carbocycles. The van der Waals surface area contributed by atoms with E-state index in [0.29, 0.717) is 44.9 Å². The van der Waals surface area contributed by atoms with Crippen molar-refractivity contribution in [3.05, 3.63) is 96.7 Å². The van der Waals surface area contributed by atoms with E-state index in [9.17, 15) is 103 Å². The molecule has 7 aliphatic rings. The summed E-state index contributed by atoms with van der Waals surface area (Å²) in [4.78, 5) is 161. The van der Waals surface area contributed by atoms with E-state index in [2.05, 4.69) is 28.2 Å². The van der Waals surface area contributed by atoms with E-state index >= 15 is 0 Å². The maximum Gasteiger partial charge on any atom is 0.336 e. The smallest absolute Gasteiger partial charge is 0.336 e. The lowest BCUT2D eigenvalue weighted by Crippen LogP contribution is -2.64. The fraction of sp³-hybridized carbons (Fsp3) is 0.636. The van der Waals surface area contributed by atoms with Crippen LogP contribution in [-0.4, -0.2) is 270 Å². The van der Waals surface area contributed by atoms with Gasteiger partial charge in [0.1, 0.15) is 66.8 Å². The Hall–Kier alpha value is -8.72. The van der Waals surface area contributed by atoms with Crippen LogP contribution in [0, 0.1) is 29.6 Å². The number of rotatable bonds is 18. The van der Waals surface area contributed by atoms with Crippen LogP contribution in [0.2, 0.25) is 0 Å². The predicted octanol–water partition coefficient (Wildman–Crippen LogP) is -2.86. The Bertz CT molecular complexity index is 3520. The molecule has 0 aromatic rings. The first kappa shape index (κ1) is 92.2. The number of unbranched alkanes of at least 4 members (excludes halogenated alkanes) is 1. The summed E-state index contributed by atoms with van der Waals surface area (Å²) in [5, 5.41) is 113. The third-order valence-electron chi connectivity index (χ3n) is 20.5. The number of fused-ring (bicyclic) bond motifs is 13. The number of carboxylic acid groups (broad SMARTS) is 1. The van der Waals surface area contributed by atoms with Crippen molar-refractivity contribution in [2.24, 2.45) is 35.3 Å². The molecule has 0 aromatic carbocycles. The highest BCUT2D eigenvalue weighted by atomic mass is 16.6. The number of hydrogen-bond acceptors (Lipinski definition) is 25. The fourth-order valence-corrected chi connectivity index (χ4v) is 13.5. The second-order valence-corrected chi connectivity index (χ2v) is 29.7. The van der Waals surface area contributed by atoms with E-state index in [1.807, 2.05) is 85.3 Å². The lowest BCUT2D eigenvalue weighted by molar-refractivity contribution is -0.175. The topological polar surface area (TPSA) is 555 Å². The number of allylic oxidation sites excluding steroid dienone is 7. The minimum Gasteiger partial charge on any atom is -0.479 e. The van der Waals surface area contributed by atoms with Crippen LogP contribution < -0.4 is 48.3 Å². The average molecular weight is 1580 g/mol. The first-order chi connectivity index (χ1) is 53.0. The number of amides is 9. The molecule has 0 aromatic heterocycles. The van der Waals surface area contributed by atoms with Crippen LogP contribution >= 0.6 is 0 Å². The highest BCUT2D eigenvalue weighted by molar-refractivity contribution is 6.06. The van der Waals surface area contributed by atoms with Gasteiger partial charge in [0.15, 0.2) is 18.0 Å². The summed E-state index contributed by atoms with van der Waals surface area (Å²) in [5.41, 5.74) is 5.91. The second-order valence-electron chi connectivity index (χ2n) is 29.7. The summed E-state index contributed by atoms with van der Waals surface area (Å²) >= 11 is 0. The first-order valence-electron chi connectivity index (χ1n) is 38.0. The normalized spacial score (nSPS) is 35.3. The number of ketones is 1. The molecule has 7 rings (SSSR count). The van der Waals surface area contributed by atoms with E-state index in [0.717, 1.165) is 18.9 Å². The molecule has 0 radical (unpaired) electrons. The quantitative estimate of drug-likeness (QED) is 0.0284. The minimum absolute atomic E-state index is 0.0362. The van der Waals surface area contributed by atoms with Crippen LogP contribution in [0.25, 0.3) is 0 Å². The number of esters is 1. The van der Waals surface area contributed by atoms with Crippen LogP contribution in [0.5, 0.6) is 0 Å². The zero-order valence-corrected chi connectivity index (χ0v) is 64.2. The number of primary amides is 1. The van der Waals surface area contributed by atoms with Gasteiger partial charge in [-0.3, -0.25) is 47.9 Å². The number of aliphatic carboxylic acids is 1. The number of Topliss-reactive ketones (excluding diaryl/α,β-unsaturated/α-hetero) is 1. The van der Waals surface area contributed by atoms with Gasteiger partial charge in [0.2, 0.25) is 47.4 Å². The molecular formula is C77H113N9O26. The van der Waals surface area contributed by atoms with Crippen molar-refractivity contribution < 1.29 is 127 Å². The number of aliphatic hydroxyl groups excluding tert-OH is 8. The molecule has 26 atom stereocenters. The largest absolute Gasteiger partial charge is 0.479 e. The molecule has 4 saturated heterocycles. The van der Waals surface area contributed by atoms with E-state index in [-0.39, 0.29) is 55.0 Å². The molecule has 0 aliphatic carbocycles. The molecule has 4 fully saturated rings. The molecule has 19 N–H and O–H groups in total. The highest BCUT2D eigenvalue weighted by Crippen LogP contribution is 2.39. The van der Waals surface area contributed by atoms with E-state index in [1.54, 1.807) is 35.7 Å². The first-order valence-corrected chi connectivity index (χ1v) is 38.0. The van der Waals surface area contributed by atoms with Gasteiger partial charge < -0.3 is 118 Å². The van der Waals surface area contributed by atoms with Crippen molar-refractivity contribution in [1.82, 2.24) is 42.5 Å². The van der Waals surface area contributed by atoms with Crippen LogP contribution in [0.4, 0.5) is 0 Å². The summed E-state index contributed by atoms with van der Waals surface area (Å²) in [5.74, 6) is -18.3. The van der Waals surface area contributed by atoms with E-state index in [4.69, 9.17) is 29.4 Å². The molecule has 7 aliphatic heterocycles. The molecule has 7 heterocycles. The molecule has 622 valence electrons. The molecule has 35 heteroatoms. The molecular weight excluding hydrogens is 1470 g/mol. The third-order valence-corrected chi connectivity index (χ3v) is 20.5. The molecule has 7 bridgehead atoms. The van der Waals surface area contributed by atoms with Crippen LogP contribution in [0.3, 0.4) is 0 Å². The van der Waals surface area contributed by atoms with Gasteiger partial charge in [-0.15, -0.1) is 0 Å². The number of carbonyl (C=O) groups is 12. The SMILES string of the molecule is C/C(=C\C(C)CCCCC(=O)NC(C)C(=O)NCC1NC(=O)C(C(=O)O)NC(=O)C(O)CNC(=O)C(C(C)O)NC(=O)C(C(O)C(O)C(N)=O)NC(=O)C(C(C)C)CC(=O)C(CO)NC1=O)C1OC2C=CC1OC(=O)\C=C/C=C\C=C\C1OC3CC1OC(/C=C/CC1OC(CC(O)C1C)C(O)C(O)/C=C/CC/C=C/C2)C3C. The Balaban J connectivity index is 1.09. The number of ether oxygens (including phenoxy) is 5. The Morgan fingerprint density at radius 3 is 2.03 bits per heavy atom. The summed E-state index contributed by atoms with van der Waals surface area (Å²) in [7, 11) is 0. The summed E-state index contributed by atoms with van der Waals surface area (Å²) in [6.07, 6.45) is 13.9. The van der Waals surface area contributed by atoms with E-state index < -0.39 is 218 Å². The number of carbonyl (C=O) groups excluding carboxylic acids is 11. The maximum atomic E-state index is 14.1. The van der Waals surface area contributed by atoms with Gasteiger partial charge in [-0.2, -0.15) is 0 Å². The number of hydrogen-bond donors (Lipinski definition) is 18. The van der Waals surface area contributed by atoms with Crippen molar-refractivity contribution in [2.75, 3.05) is 19.7 Å². The lowest BCUT2D eigenvalue weighted by atomic mass is 9.85. The lowest BCUT2D eigenvalue weighted by Gasteiger charge is -2.40. The van der Waals surface area contributed by atoms with Crippen molar-refractivity contribution in [3.8, 4) is 0 Å². The van der Waals surface area contributed by atoms with Crippen molar-refractivity contribution in [3.63, 3.8) is 0 Å². The number of aliphatic hydroxyl groups is 8. The number of carboxylic acids is 1. The van der Waals surface area contributed by atoms with E-state index in [1.165, 1.54) is 32.9 Å². The zero-order chi connectivity index (χ0) is 82.8. The van der Waals surface area contributed by atoms with Gasteiger partial charge in [0.05, 0.1) is 62.0 Å². The average Bonchev–Trinajstić information content (AvgIpc) is 1.65. The van der Waals surface area contributed by atoms with Crippen LogP contribution in [0.1, 0.15) is 126 Å². The molecule has 0 spiro atoms. The Morgan fingerprint density at radius 2 is 1.34 bits per heavy atom. The second kappa shape index (κ2) is 44.7. The van der Waals surface area contributed by atoms with Gasteiger partial charge >= 0.3 is 11.9 Å². The fourth-order valence-electron chi connectivity index (χ4n) is 13.5. The molecule has 26 unspecified atom stereocenters. The van der Waals surface area contributed by atoms with Crippen molar-refractivity contribution >= 4 is 70.9 Å². The summed E-state index contributed by atoms with van der Waals surface area (Å²) in [6, 6.07) is -12.4. The monoisotopic (exact) mass is 1580 g/mol.